The molecule has 2 aliphatic rings. The van der Waals surface area contributed by atoms with Crippen LogP contribution in [0, 0.1) is 5.41 Å². The minimum Gasteiger partial charge on any atom is -0.285 e. The first-order valence-electron chi connectivity index (χ1n) is 15.3. The van der Waals surface area contributed by atoms with Crippen LogP contribution in [0.25, 0.3) is 0 Å². The van der Waals surface area contributed by atoms with E-state index in [1.807, 2.05) is 64.2 Å². The van der Waals surface area contributed by atoms with Gasteiger partial charge in [0.05, 0.1) is 0 Å². The molecular formula is C38H50N2O2S. The van der Waals surface area contributed by atoms with Gasteiger partial charge in [0.1, 0.15) is 5.57 Å². The SMILES string of the molecule is CCN1C(=O)C(=C/C(C)=C/C=C/C(C)=C/C=C/C=C(C)/C=C/C=C(C)/C=C/C2=C(C)CCCC2(C)C)C(=O)N(CC)C1=S. The molecule has 1 heterocycles. The molecule has 1 saturated heterocycles. The summed E-state index contributed by atoms with van der Waals surface area (Å²) in [5.74, 6) is -0.680. The maximum atomic E-state index is 12.8. The van der Waals surface area contributed by atoms with Gasteiger partial charge in [0, 0.05) is 13.1 Å². The van der Waals surface area contributed by atoms with Crippen LogP contribution in [0.4, 0.5) is 0 Å². The molecule has 0 bridgehead atoms. The smallest absolute Gasteiger partial charge is 0.265 e. The summed E-state index contributed by atoms with van der Waals surface area (Å²) < 4.78 is 0. The average molecular weight is 599 g/mol. The van der Waals surface area contributed by atoms with Gasteiger partial charge in [0.25, 0.3) is 11.8 Å². The lowest BCUT2D eigenvalue weighted by Crippen LogP contribution is -2.55. The molecule has 43 heavy (non-hydrogen) atoms. The van der Waals surface area contributed by atoms with E-state index in [1.54, 1.807) is 6.08 Å². The molecule has 0 aromatic rings. The molecule has 0 aromatic carbocycles. The number of amides is 2. The summed E-state index contributed by atoms with van der Waals surface area (Å²) in [5.41, 5.74) is 7.71. The van der Waals surface area contributed by atoms with Crippen molar-refractivity contribution in [3.8, 4) is 0 Å². The molecule has 0 spiro atoms. The topological polar surface area (TPSA) is 40.6 Å². The van der Waals surface area contributed by atoms with Crippen molar-refractivity contribution >= 4 is 29.1 Å². The Bertz CT molecular complexity index is 1360. The molecular weight excluding hydrogens is 548 g/mol. The predicted octanol–water partition coefficient (Wildman–Crippen LogP) is 9.44. The van der Waals surface area contributed by atoms with Gasteiger partial charge in [-0.25, -0.2) is 0 Å². The van der Waals surface area contributed by atoms with Gasteiger partial charge >= 0.3 is 0 Å². The number of carbonyl (C=O) groups excluding carboxylic acids is 2. The third-order valence-electron chi connectivity index (χ3n) is 7.74. The molecule has 0 radical (unpaired) electrons. The molecule has 2 amide bonds. The molecule has 1 aliphatic carbocycles. The molecule has 4 nitrogen and oxygen atoms in total. The van der Waals surface area contributed by atoms with E-state index < -0.39 is 0 Å². The zero-order valence-corrected chi connectivity index (χ0v) is 28.5. The van der Waals surface area contributed by atoms with Crippen LogP contribution >= 0.6 is 12.2 Å². The summed E-state index contributed by atoms with van der Waals surface area (Å²) in [6, 6.07) is 0. The third kappa shape index (κ3) is 10.6. The van der Waals surface area contributed by atoms with Crippen molar-refractivity contribution in [1.82, 2.24) is 9.80 Å². The second-order valence-electron chi connectivity index (χ2n) is 12.0. The third-order valence-corrected chi connectivity index (χ3v) is 8.18. The Balaban J connectivity index is 1.97. The van der Waals surface area contributed by atoms with Crippen LogP contribution in [-0.4, -0.2) is 39.8 Å². The van der Waals surface area contributed by atoms with Crippen molar-refractivity contribution in [2.24, 2.45) is 5.41 Å². The first kappa shape index (κ1) is 35.6. The van der Waals surface area contributed by atoms with E-state index in [1.165, 1.54) is 51.4 Å². The lowest BCUT2D eigenvalue weighted by Gasteiger charge is -2.35. The van der Waals surface area contributed by atoms with Gasteiger partial charge in [-0.3, -0.25) is 19.4 Å². The fraction of sp³-hybridized carbons (Fsp3) is 0.395. The normalized spacial score (nSPS) is 19.9. The Morgan fingerprint density at radius 2 is 1.23 bits per heavy atom. The number of thiocarbonyl (C=S) groups is 1. The molecule has 5 heteroatoms. The molecule has 1 aliphatic heterocycles. The molecule has 0 saturated carbocycles. The summed E-state index contributed by atoms with van der Waals surface area (Å²) in [4.78, 5) is 28.5. The number of nitrogens with zero attached hydrogens (tertiary/aromatic N) is 2. The first-order chi connectivity index (χ1) is 20.3. The number of rotatable bonds is 11. The van der Waals surface area contributed by atoms with E-state index in [0.29, 0.717) is 13.1 Å². The molecule has 230 valence electrons. The molecule has 2 rings (SSSR count). The molecule has 0 aromatic heterocycles. The van der Waals surface area contributed by atoms with Crippen molar-refractivity contribution in [2.45, 2.75) is 81.6 Å². The highest BCUT2D eigenvalue weighted by atomic mass is 32.1. The number of hydrogen-bond acceptors (Lipinski definition) is 3. The Hall–Kier alpha value is -3.57. The largest absolute Gasteiger partial charge is 0.285 e. The zero-order chi connectivity index (χ0) is 32.2. The van der Waals surface area contributed by atoms with Crippen molar-refractivity contribution < 1.29 is 9.59 Å². The van der Waals surface area contributed by atoms with E-state index in [2.05, 4.69) is 71.1 Å². The minimum absolute atomic E-state index is 0.143. The highest BCUT2D eigenvalue weighted by Gasteiger charge is 2.37. The summed E-state index contributed by atoms with van der Waals surface area (Å²) in [6.07, 6.45) is 30.3. The maximum absolute atomic E-state index is 12.8. The van der Waals surface area contributed by atoms with E-state index >= 15 is 0 Å². The van der Waals surface area contributed by atoms with Gasteiger partial charge in [-0.1, -0.05) is 115 Å². The fourth-order valence-corrected chi connectivity index (χ4v) is 5.59. The molecule has 1 fully saturated rings. The summed E-state index contributed by atoms with van der Waals surface area (Å²) in [7, 11) is 0. The van der Waals surface area contributed by atoms with E-state index in [9.17, 15) is 9.59 Å². The minimum atomic E-state index is -0.340. The summed E-state index contributed by atoms with van der Waals surface area (Å²) >= 11 is 5.32. The number of likely N-dealkylation sites (N-methyl/N-ethyl adjacent to an activating group) is 2. The Kier molecular flexibility index (Phi) is 14.0. The van der Waals surface area contributed by atoms with Crippen molar-refractivity contribution in [3.05, 3.63) is 118 Å². The van der Waals surface area contributed by atoms with Crippen LogP contribution < -0.4 is 0 Å². The second-order valence-corrected chi connectivity index (χ2v) is 12.3. The Labute approximate surface area is 266 Å². The second kappa shape index (κ2) is 16.9. The highest BCUT2D eigenvalue weighted by Crippen LogP contribution is 2.40. The van der Waals surface area contributed by atoms with E-state index in [0.717, 1.165) is 11.1 Å². The van der Waals surface area contributed by atoms with Crippen LogP contribution in [0.1, 0.15) is 81.6 Å². The van der Waals surface area contributed by atoms with Gasteiger partial charge in [-0.2, -0.15) is 0 Å². The van der Waals surface area contributed by atoms with Gasteiger partial charge in [-0.05, 0) is 97.0 Å². The van der Waals surface area contributed by atoms with E-state index in [4.69, 9.17) is 12.2 Å². The summed E-state index contributed by atoms with van der Waals surface area (Å²) in [6.45, 7) is 19.7. The lowest BCUT2D eigenvalue weighted by molar-refractivity contribution is -0.133. The van der Waals surface area contributed by atoms with Gasteiger partial charge in [-0.15, -0.1) is 0 Å². The number of allylic oxidation sites excluding steroid dienone is 19. The first-order valence-corrected chi connectivity index (χ1v) is 15.7. The molecule has 0 atom stereocenters. The average Bonchev–Trinajstić information content (AvgIpc) is 2.93. The van der Waals surface area contributed by atoms with Crippen LogP contribution in [-0.2, 0) is 9.59 Å². The monoisotopic (exact) mass is 598 g/mol. The van der Waals surface area contributed by atoms with Crippen LogP contribution in [0.3, 0.4) is 0 Å². The highest BCUT2D eigenvalue weighted by molar-refractivity contribution is 7.80. The van der Waals surface area contributed by atoms with Crippen LogP contribution in [0.5, 0.6) is 0 Å². The molecule has 0 N–H and O–H groups in total. The van der Waals surface area contributed by atoms with Crippen molar-refractivity contribution in [3.63, 3.8) is 0 Å². The summed E-state index contributed by atoms with van der Waals surface area (Å²) in [5, 5.41) is 0.274. The number of carbonyl (C=O) groups is 2. The maximum Gasteiger partial charge on any atom is 0.265 e. The molecule has 0 unspecified atom stereocenters. The zero-order valence-electron chi connectivity index (χ0n) is 27.7. The van der Waals surface area contributed by atoms with Gasteiger partial charge in [0.15, 0.2) is 5.11 Å². The number of hydrogen-bond donors (Lipinski definition) is 0. The Morgan fingerprint density at radius 3 is 1.72 bits per heavy atom. The van der Waals surface area contributed by atoms with Crippen LogP contribution in [0.15, 0.2) is 118 Å². The quantitative estimate of drug-likeness (QED) is 0.103. The van der Waals surface area contributed by atoms with Crippen molar-refractivity contribution in [2.75, 3.05) is 13.1 Å². The van der Waals surface area contributed by atoms with Gasteiger partial charge < -0.3 is 0 Å². The fourth-order valence-electron chi connectivity index (χ4n) is 5.17. The van der Waals surface area contributed by atoms with Crippen LogP contribution in [0.2, 0.25) is 0 Å². The standard InChI is InChI=1S/C38H50N2O2S/c1-10-39-35(41)33(36(42)40(11-2)37(39)43)27-31(6)22-15-20-29(4)18-13-12-17-28(3)19-14-21-30(5)24-25-34-32(7)23-16-26-38(34,8)9/h12-15,17-22,24-25,27H,10-11,16,23,26H2,1-9H3/b13-12+,19-14+,20-15+,25-24+,28-17+,29-18+,30-21+,31-22+. The van der Waals surface area contributed by atoms with Gasteiger partial charge in [0.2, 0.25) is 0 Å². The van der Waals surface area contributed by atoms with E-state index in [-0.39, 0.29) is 27.9 Å². The lowest BCUT2D eigenvalue weighted by atomic mass is 9.72. The van der Waals surface area contributed by atoms with Crippen molar-refractivity contribution in [1.29, 1.82) is 0 Å². The predicted molar refractivity (Wildman–Crippen MR) is 187 cm³/mol. The Morgan fingerprint density at radius 1 is 0.767 bits per heavy atom.